The molecule has 2 amide bonds. The maximum absolute atomic E-state index is 13.7. The number of hydrogen-bond acceptors (Lipinski definition) is 3. The van der Waals surface area contributed by atoms with Crippen molar-refractivity contribution in [1.29, 1.82) is 0 Å². The van der Waals surface area contributed by atoms with Gasteiger partial charge in [0.25, 0.3) is 11.8 Å². The van der Waals surface area contributed by atoms with Gasteiger partial charge in [0.2, 0.25) is 0 Å². The van der Waals surface area contributed by atoms with E-state index in [1.54, 1.807) is 0 Å². The molecule has 1 heterocycles. The van der Waals surface area contributed by atoms with E-state index in [2.05, 4.69) is 12.2 Å². The fourth-order valence-corrected chi connectivity index (χ4v) is 4.05. The van der Waals surface area contributed by atoms with Crippen molar-refractivity contribution in [3.05, 3.63) is 99.7 Å². The summed E-state index contributed by atoms with van der Waals surface area (Å²) < 4.78 is 0. The van der Waals surface area contributed by atoms with Crippen LogP contribution in [-0.2, 0) is 16.0 Å². The minimum atomic E-state index is -0.338. The van der Waals surface area contributed by atoms with Crippen LogP contribution in [0.3, 0.4) is 0 Å². The van der Waals surface area contributed by atoms with Gasteiger partial charge in [-0.05, 0) is 80.1 Å². The highest BCUT2D eigenvalue weighted by Crippen LogP contribution is 2.35. The molecule has 0 saturated carbocycles. The largest absolute Gasteiger partial charge is 0.350 e. The number of rotatable bonds is 5. The molecule has 0 aromatic heterocycles. The molecule has 0 radical (unpaired) electrons. The molecule has 0 fully saturated rings. The number of amides is 2. The molecule has 0 unspecified atom stereocenters. The molecule has 0 saturated heterocycles. The minimum Gasteiger partial charge on any atom is -0.350 e. The van der Waals surface area contributed by atoms with Crippen LogP contribution in [0.4, 0.5) is 11.4 Å². The van der Waals surface area contributed by atoms with Crippen molar-refractivity contribution < 1.29 is 9.59 Å². The van der Waals surface area contributed by atoms with Gasteiger partial charge in [-0.1, -0.05) is 55.0 Å². The zero-order chi connectivity index (χ0) is 23.0. The molecule has 4 heteroatoms. The second-order valence-corrected chi connectivity index (χ2v) is 8.46. The maximum Gasteiger partial charge on any atom is 0.282 e. The molecule has 3 aromatic rings. The highest BCUT2D eigenvalue weighted by atomic mass is 16.2. The zero-order valence-electron chi connectivity index (χ0n) is 19.2. The molecule has 4 nitrogen and oxygen atoms in total. The topological polar surface area (TPSA) is 49.4 Å². The first-order chi connectivity index (χ1) is 15.3. The maximum atomic E-state index is 13.7. The van der Waals surface area contributed by atoms with E-state index in [1.165, 1.54) is 10.5 Å². The van der Waals surface area contributed by atoms with Crippen molar-refractivity contribution in [3.63, 3.8) is 0 Å². The summed E-state index contributed by atoms with van der Waals surface area (Å²) in [6.07, 6.45) is 0.939. The van der Waals surface area contributed by atoms with Gasteiger partial charge in [-0.3, -0.25) is 9.59 Å². The number of aryl methyl sites for hydroxylation is 5. The Morgan fingerprint density at radius 1 is 0.750 bits per heavy atom. The van der Waals surface area contributed by atoms with Crippen LogP contribution >= 0.6 is 0 Å². The first-order valence-corrected chi connectivity index (χ1v) is 10.9. The van der Waals surface area contributed by atoms with Gasteiger partial charge in [0.1, 0.15) is 5.70 Å². The molecule has 0 spiro atoms. The number of carbonyl (C=O) groups excluding carboxylic acids is 2. The van der Waals surface area contributed by atoms with Crippen LogP contribution in [0.1, 0.15) is 40.3 Å². The van der Waals surface area contributed by atoms with Crippen LogP contribution in [-0.4, -0.2) is 11.8 Å². The van der Waals surface area contributed by atoms with Crippen molar-refractivity contribution >= 4 is 28.8 Å². The van der Waals surface area contributed by atoms with E-state index in [9.17, 15) is 9.59 Å². The molecule has 162 valence electrons. The van der Waals surface area contributed by atoms with Crippen molar-refractivity contribution in [1.82, 2.24) is 0 Å². The standard InChI is InChI=1S/C28H28N2O2/c1-6-21-9-12-23(13-10-21)29-26-25(22-11-8-18(3)19(4)16-22)27(31)30(28(26)32)24-14-7-17(2)15-20(24)5/h7-16,29H,6H2,1-5H3. The Kier molecular flexibility index (Phi) is 5.70. The number of carbonyl (C=O) groups is 2. The lowest BCUT2D eigenvalue weighted by molar-refractivity contribution is -0.120. The van der Waals surface area contributed by atoms with Crippen molar-refractivity contribution in [2.45, 2.75) is 41.0 Å². The molecule has 1 N–H and O–H groups in total. The van der Waals surface area contributed by atoms with E-state index in [0.29, 0.717) is 17.0 Å². The fourth-order valence-electron chi connectivity index (χ4n) is 4.05. The third-order valence-electron chi connectivity index (χ3n) is 6.10. The first kappa shape index (κ1) is 21.6. The summed E-state index contributed by atoms with van der Waals surface area (Å²) in [4.78, 5) is 28.6. The number of nitrogens with one attached hydrogen (secondary N) is 1. The normalized spacial score (nSPS) is 13.8. The lowest BCUT2D eigenvalue weighted by atomic mass is 9.99. The van der Waals surface area contributed by atoms with E-state index < -0.39 is 0 Å². The zero-order valence-corrected chi connectivity index (χ0v) is 19.2. The molecular weight excluding hydrogens is 396 g/mol. The summed E-state index contributed by atoms with van der Waals surface area (Å²) in [5.74, 6) is -0.646. The van der Waals surface area contributed by atoms with Gasteiger partial charge < -0.3 is 5.32 Å². The van der Waals surface area contributed by atoms with Gasteiger partial charge in [-0.15, -0.1) is 0 Å². The number of hydrogen-bond donors (Lipinski definition) is 1. The highest BCUT2D eigenvalue weighted by Gasteiger charge is 2.40. The lowest BCUT2D eigenvalue weighted by Crippen LogP contribution is -2.33. The average Bonchev–Trinajstić information content (AvgIpc) is 3.00. The van der Waals surface area contributed by atoms with Gasteiger partial charge in [0.05, 0.1) is 11.3 Å². The highest BCUT2D eigenvalue weighted by molar-refractivity contribution is 6.46. The smallest absolute Gasteiger partial charge is 0.282 e. The Balaban J connectivity index is 1.83. The summed E-state index contributed by atoms with van der Waals surface area (Å²) in [5, 5.41) is 3.25. The van der Waals surface area contributed by atoms with Crippen LogP contribution in [0.25, 0.3) is 5.57 Å². The molecule has 32 heavy (non-hydrogen) atoms. The van der Waals surface area contributed by atoms with Gasteiger partial charge >= 0.3 is 0 Å². The third-order valence-corrected chi connectivity index (χ3v) is 6.10. The Labute approximate surface area is 189 Å². The quantitative estimate of drug-likeness (QED) is 0.521. The van der Waals surface area contributed by atoms with E-state index in [-0.39, 0.29) is 11.8 Å². The van der Waals surface area contributed by atoms with Crippen LogP contribution in [0.15, 0.2) is 66.4 Å². The van der Waals surface area contributed by atoms with Gasteiger partial charge in [0, 0.05) is 5.69 Å². The van der Waals surface area contributed by atoms with Crippen LogP contribution in [0.2, 0.25) is 0 Å². The average molecular weight is 425 g/mol. The number of imide groups is 1. The predicted octanol–water partition coefficient (Wildman–Crippen LogP) is 5.88. The summed E-state index contributed by atoms with van der Waals surface area (Å²) >= 11 is 0. The summed E-state index contributed by atoms with van der Waals surface area (Å²) in [6.45, 7) is 10.1. The Bertz CT molecular complexity index is 1250. The fraction of sp³-hybridized carbons (Fsp3) is 0.214. The van der Waals surface area contributed by atoms with E-state index in [1.807, 2.05) is 88.4 Å². The van der Waals surface area contributed by atoms with Crippen LogP contribution in [0.5, 0.6) is 0 Å². The molecule has 3 aromatic carbocycles. The summed E-state index contributed by atoms with van der Waals surface area (Å²) in [7, 11) is 0. The lowest BCUT2D eigenvalue weighted by Gasteiger charge is -2.18. The third kappa shape index (κ3) is 3.84. The number of benzene rings is 3. The van der Waals surface area contributed by atoms with E-state index in [4.69, 9.17) is 0 Å². The predicted molar refractivity (Wildman–Crippen MR) is 131 cm³/mol. The number of nitrogens with zero attached hydrogens (tertiary/aromatic N) is 1. The van der Waals surface area contributed by atoms with Gasteiger partial charge in [-0.25, -0.2) is 4.90 Å². The summed E-state index contributed by atoms with van der Waals surface area (Å²) in [5.41, 5.74) is 8.25. The second-order valence-electron chi connectivity index (χ2n) is 8.46. The van der Waals surface area contributed by atoms with Crippen molar-refractivity contribution in [2.75, 3.05) is 10.2 Å². The van der Waals surface area contributed by atoms with Gasteiger partial charge in [-0.2, -0.15) is 0 Å². The Hall–Kier alpha value is -3.66. The molecule has 0 bridgehead atoms. The second kappa shape index (κ2) is 8.46. The molecule has 0 aliphatic carbocycles. The molecule has 1 aliphatic rings. The van der Waals surface area contributed by atoms with Crippen LogP contribution < -0.4 is 10.2 Å². The number of anilines is 2. The minimum absolute atomic E-state index is 0.308. The Morgan fingerprint density at radius 3 is 2.09 bits per heavy atom. The van der Waals surface area contributed by atoms with Crippen molar-refractivity contribution in [3.8, 4) is 0 Å². The first-order valence-electron chi connectivity index (χ1n) is 10.9. The van der Waals surface area contributed by atoms with Gasteiger partial charge in [0.15, 0.2) is 0 Å². The molecular formula is C28H28N2O2. The van der Waals surface area contributed by atoms with E-state index in [0.717, 1.165) is 39.9 Å². The Morgan fingerprint density at radius 2 is 1.47 bits per heavy atom. The monoisotopic (exact) mass is 424 g/mol. The molecule has 0 atom stereocenters. The summed E-state index contributed by atoms with van der Waals surface area (Å²) in [6, 6.07) is 19.6. The molecule has 1 aliphatic heterocycles. The van der Waals surface area contributed by atoms with Crippen molar-refractivity contribution in [2.24, 2.45) is 0 Å². The van der Waals surface area contributed by atoms with Crippen LogP contribution in [0, 0.1) is 27.7 Å². The SMILES string of the molecule is CCc1ccc(NC2=C(c3ccc(C)c(C)c3)C(=O)N(c3ccc(C)cc3C)C2=O)cc1. The van der Waals surface area contributed by atoms with E-state index >= 15 is 0 Å². The molecule has 4 rings (SSSR count).